The van der Waals surface area contributed by atoms with Crippen molar-refractivity contribution in [3.63, 3.8) is 0 Å². The first-order valence-corrected chi connectivity index (χ1v) is 6.09. The Kier molecular flexibility index (Phi) is 4.17. The van der Waals surface area contributed by atoms with Crippen LogP contribution < -0.4 is 15.5 Å². The number of nitrogens with one attached hydrogen (secondary N) is 2. The standard InChI is InChI=1S/C13H13N3O5/c1-21-7-2-3-8(13(19)20)10(6-7)14-12(18)9-4-5-11(17)16-15-9/h2-3,6H,4-5H2,1H3,(H,14,18)(H,16,17)(H,19,20). The number of hydrogen-bond donors (Lipinski definition) is 3. The molecular weight excluding hydrogens is 278 g/mol. The number of methoxy groups -OCH3 is 1. The fraction of sp³-hybridized carbons (Fsp3) is 0.231. The minimum atomic E-state index is -1.17. The van der Waals surface area contributed by atoms with E-state index in [9.17, 15) is 14.4 Å². The quantitative estimate of drug-likeness (QED) is 0.750. The molecule has 1 heterocycles. The third-order valence-corrected chi connectivity index (χ3v) is 2.87. The van der Waals surface area contributed by atoms with Crippen molar-refractivity contribution >= 4 is 29.2 Å². The Morgan fingerprint density at radius 3 is 2.71 bits per heavy atom. The normalized spacial score (nSPS) is 14.0. The number of hydrazone groups is 1. The first-order valence-electron chi connectivity index (χ1n) is 6.09. The van der Waals surface area contributed by atoms with Gasteiger partial charge in [0, 0.05) is 18.9 Å². The Morgan fingerprint density at radius 2 is 2.14 bits per heavy atom. The van der Waals surface area contributed by atoms with Crippen molar-refractivity contribution in [1.82, 2.24) is 5.43 Å². The number of ether oxygens (including phenoxy) is 1. The van der Waals surface area contributed by atoms with Gasteiger partial charge in [0.25, 0.3) is 5.91 Å². The molecule has 8 nitrogen and oxygen atoms in total. The van der Waals surface area contributed by atoms with Gasteiger partial charge in [-0.3, -0.25) is 9.59 Å². The number of benzene rings is 1. The van der Waals surface area contributed by atoms with Gasteiger partial charge < -0.3 is 15.2 Å². The molecule has 110 valence electrons. The van der Waals surface area contributed by atoms with Gasteiger partial charge in [0.15, 0.2) is 0 Å². The topological polar surface area (TPSA) is 117 Å². The van der Waals surface area contributed by atoms with Crippen LogP contribution in [0.3, 0.4) is 0 Å². The molecule has 1 aliphatic heterocycles. The van der Waals surface area contributed by atoms with Crippen molar-refractivity contribution in [2.75, 3.05) is 12.4 Å². The van der Waals surface area contributed by atoms with Crippen LogP contribution in [0.15, 0.2) is 23.3 Å². The Balaban J connectivity index is 2.23. The summed E-state index contributed by atoms with van der Waals surface area (Å²) in [6, 6.07) is 4.22. The number of nitrogens with zero attached hydrogens (tertiary/aromatic N) is 1. The molecule has 0 saturated carbocycles. The third-order valence-electron chi connectivity index (χ3n) is 2.87. The first kappa shape index (κ1) is 14.5. The second-order valence-corrected chi connectivity index (χ2v) is 4.26. The summed E-state index contributed by atoms with van der Waals surface area (Å²) in [7, 11) is 1.43. The van der Waals surface area contributed by atoms with Gasteiger partial charge in [0.2, 0.25) is 5.91 Å². The van der Waals surface area contributed by atoms with E-state index in [0.717, 1.165) is 0 Å². The minimum Gasteiger partial charge on any atom is -0.497 e. The summed E-state index contributed by atoms with van der Waals surface area (Å²) < 4.78 is 5.00. The molecule has 21 heavy (non-hydrogen) atoms. The van der Waals surface area contributed by atoms with Crippen molar-refractivity contribution < 1.29 is 24.2 Å². The molecule has 0 aromatic heterocycles. The lowest BCUT2D eigenvalue weighted by Crippen LogP contribution is -2.33. The number of carboxylic acids is 1. The van der Waals surface area contributed by atoms with E-state index in [1.165, 1.54) is 25.3 Å². The second-order valence-electron chi connectivity index (χ2n) is 4.26. The molecule has 2 amide bonds. The van der Waals surface area contributed by atoms with E-state index < -0.39 is 11.9 Å². The van der Waals surface area contributed by atoms with Gasteiger partial charge in [-0.2, -0.15) is 5.10 Å². The van der Waals surface area contributed by atoms with Gasteiger partial charge in [-0.1, -0.05) is 0 Å². The van der Waals surface area contributed by atoms with Crippen LogP contribution >= 0.6 is 0 Å². The van der Waals surface area contributed by atoms with Crippen molar-refractivity contribution in [3.05, 3.63) is 23.8 Å². The summed E-state index contributed by atoms with van der Waals surface area (Å²) in [6.07, 6.45) is 0.361. The maximum Gasteiger partial charge on any atom is 0.337 e. The van der Waals surface area contributed by atoms with Crippen molar-refractivity contribution in [2.45, 2.75) is 12.8 Å². The van der Waals surface area contributed by atoms with Crippen LogP contribution in [-0.2, 0) is 9.59 Å². The average molecular weight is 291 g/mol. The van der Waals surface area contributed by atoms with Gasteiger partial charge in [-0.05, 0) is 12.1 Å². The zero-order chi connectivity index (χ0) is 15.4. The van der Waals surface area contributed by atoms with Crippen molar-refractivity contribution in [2.24, 2.45) is 5.10 Å². The highest BCUT2D eigenvalue weighted by atomic mass is 16.5. The van der Waals surface area contributed by atoms with Crippen LogP contribution in [0.1, 0.15) is 23.2 Å². The number of rotatable bonds is 4. The SMILES string of the molecule is COc1ccc(C(=O)O)c(NC(=O)C2=NNC(=O)CC2)c1. The van der Waals surface area contributed by atoms with E-state index in [4.69, 9.17) is 9.84 Å². The molecule has 1 aliphatic rings. The number of carboxylic acid groups (broad SMARTS) is 1. The largest absolute Gasteiger partial charge is 0.497 e. The van der Waals surface area contributed by atoms with Crippen LogP contribution in [-0.4, -0.2) is 35.7 Å². The first-order chi connectivity index (χ1) is 10.0. The molecule has 1 aromatic carbocycles. The highest BCUT2D eigenvalue weighted by molar-refractivity contribution is 6.43. The summed E-state index contributed by atoms with van der Waals surface area (Å²) in [6.45, 7) is 0. The van der Waals surface area contributed by atoms with Gasteiger partial charge in [0.05, 0.1) is 18.4 Å². The molecule has 0 spiro atoms. The molecule has 0 fully saturated rings. The van der Waals surface area contributed by atoms with E-state index in [1.54, 1.807) is 0 Å². The van der Waals surface area contributed by atoms with Crippen molar-refractivity contribution in [3.8, 4) is 5.75 Å². The smallest absolute Gasteiger partial charge is 0.337 e. The third kappa shape index (κ3) is 3.35. The number of hydrogen-bond acceptors (Lipinski definition) is 5. The van der Waals surface area contributed by atoms with Gasteiger partial charge in [-0.25, -0.2) is 10.2 Å². The highest BCUT2D eigenvalue weighted by Gasteiger charge is 2.20. The summed E-state index contributed by atoms with van der Waals surface area (Å²) in [5.41, 5.74) is 2.38. The molecule has 8 heteroatoms. The van der Waals surface area contributed by atoms with E-state index in [2.05, 4.69) is 15.8 Å². The molecule has 0 unspecified atom stereocenters. The maximum atomic E-state index is 12.0. The minimum absolute atomic E-state index is 0.0652. The Morgan fingerprint density at radius 1 is 1.38 bits per heavy atom. The van der Waals surface area contributed by atoms with Gasteiger partial charge in [-0.15, -0.1) is 0 Å². The summed E-state index contributed by atoms with van der Waals surface area (Å²) >= 11 is 0. The molecule has 1 aromatic rings. The predicted molar refractivity (Wildman–Crippen MR) is 73.4 cm³/mol. The molecule has 3 N–H and O–H groups in total. The van der Waals surface area contributed by atoms with Crippen LogP contribution in [0, 0.1) is 0 Å². The zero-order valence-corrected chi connectivity index (χ0v) is 11.2. The Labute approximate surface area is 119 Å². The zero-order valence-electron chi connectivity index (χ0n) is 11.2. The lowest BCUT2D eigenvalue weighted by atomic mass is 10.1. The summed E-state index contributed by atoms with van der Waals surface area (Å²) in [5, 5.41) is 15.2. The molecule has 0 bridgehead atoms. The fourth-order valence-corrected chi connectivity index (χ4v) is 1.77. The highest BCUT2D eigenvalue weighted by Crippen LogP contribution is 2.23. The van der Waals surface area contributed by atoms with Gasteiger partial charge >= 0.3 is 5.97 Å². The van der Waals surface area contributed by atoms with Crippen LogP contribution in [0.2, 0.25) is 0 Å². The number of carbonyl (C=O) groups is 3. The lowest BCUT2D eigenvalue weighted by molar-refractivity contribution is -0.121. The Bertz CT molecular complexity index is 639. The molecule has 2 rings (SSSR count). The van der Waals surface area contributed by atoms with E-state index in [-0.39, 0.29) is 35.7 Å². The van der Waals surface area contributed by atoms with E-state index in [0.29, 0.717) is 5.75 Å². The summed E-state index contributed by atoms with van der Waals surface area (Å²) in [4.78, 5) is 34.1. The molecule has 0 aliphatic carbocycles. The van der Waals surface area contributed by atoms with E-state index >= 15 is 0 Å². The monoisotopic (exact) mass is 291 g/mol. The number of carbonyl (C=O) groups excluding carboxylic acids is 2. The predicted octanol–water partition coefficient (Wildman–Crippen LogP) is 0.598. The van der Waals surface area contributed by atoms with Crippen LogP contribution in [0.4, 0.5) is 5.69 Å². The Hall–Kier alpha value is -2.90. The second kappa shape index (κ2) is 6.04. The van der Waals surface area contributed by atoms with E-state index in [1.807, 2.05) is 0 Å². The molecule has 0 radical (unpaired) electrons. The average Bonchev–Trinajstić information content (AvgIpc) is 2.47. The maximum absolute atomic E-state index is 12.0. The fourth-order valence-electron chi connectivity index (χ4n) is 1.77. The van der Waals surface area contributed by atoms with Crippen LogP contribution in [0.5, 0.6) is 5.75 Å². The molecule has 0 atom stereocenters. The number of aromatic carboxylic acids is 1. The lowest BCUT2D eigenvalue weighted by Gasteiger charge is -2.13. The van der Waals surface area contributed by atoms with Crippen molar-refractivity contribution in [1.29, 1.82) is 0 Å². The number of anilines is 1. The van der Waals surface area contributed by atoms with Gasteiger partial charge in [0.1, 0.15) is 11.5 Å². The summed E-state index contributed by atoms with van der Waals surface area (Å²) in [5.74, 6) is -1.59. The number of amides is 2. The van der Waals surface area contributed by atoms with Crippen LogP contribution in [0.25, 0.3) is 0 Å². The molecular formula is C13H13N3O5. The molecule has 0 saturated heterocycles.